The molecule has 21 heavy (non-hydrogen) atoms. The van der Waals surface area contributed by atoms with Gasteiger partial charge in [0.2, 0.25) is 0 Å². The van der Waals surface area contributed by atoms with Crippen molar-refractivity contribution in [2.24, 2.45) is 0 Å². The lowest BCUT2D eigenvalue weighted by Crippen LogP contribution is -2.48. The molecule has 0 aliphatic carbocycles. The fraction of sp³-hybridized carbons (Fsp3) is 0.333. The van der Waals surface area contributed by atoms with Crippen molar-refractivity contribution in [1.82, 2.24) is 4.90 Å². The summed E-state index contributed by atoms with van der Waals surface area (Å²) in [7, 11) is 0. The van der Waals surface area contributed by atoms with Crippen molar-refractivity contribution < 1.29 is 23.5 Å². The van der Waals surface area contributed by atoms with E-state index in [4.69, 9.17) is 11.5 Å². The van der Waals surface area contributed by atoms with Crippen molar-refractivity contribution in [2.45, 2.75) is 25.3 Å². The fourth-order valence-electron chi connectivity index (χ4n) is 2.41. The molecule has 1 amide bonds. The highest BCUT2D eigenvalue weighted by Crippen LogP contribution is 2.22. The van der Waals surface area contributed by atoms with Crippen LogP contribution in [0.25, 0.3) is 0 Å². The topological polar surface area (TPSA) is 57.6 Å². The Morgan fingerprint density at radius 1 is 1.29 bits per heavy atom. The Morgan fingerprint density at radius 3 is 2.62 bits per heavy atom. The molecule has 1 aromatic rings. The monoisotopic (exact) mass is 293 g/mol. The van der Waals surface area contributed by atoms with E-state index in [1.807, 2.05) is 5.92 Å². The van der Waals surface area contributed by atoms with Gasteiger partial charge in [0, 0.05) is 6.54 Å². The van der Waals surface area contributed by atoms with E-state index in [1.165, 1.54) is 0 Å². The molecule has 1 N–H and O–H groups in total. The number of benzene rings is 1. The van der Waals surface area contributed by atoms with Gasteiger partial charge in [-0.25, -0.2) is 13.6 Å². The van der Waals surface area contributed by atoms with Crippen LogP contribution in [0.1, 0.15) is 35.2 Å². The fourth-order valence-corrected chi connectivity index (χ4v) is 2.41. The number of hydrogen-bond donors (Lipinski definition) is 1. The van der Waals surface area contributed by atoms with Crippen LogP contribution in [0.15, 0.2) is 12.1 Å². The first kappa shape index (κ1) is 15.0. The molecule has 1 saturated heterocycles. The second-order valence-corrected chi connectivity index (χ2v) is 4.80. The normalized spacial score (nSPS) is 18.1. The van der Waals surface area contributed by atoms with Crippen molar-refractivity contribution in [2.75, 3.05) is 6.54 Å². The number of carboxylic acid groups (broad SMARTS) is 1. The van der Waals surface area contributed by atoms with Crippen LogP contribution in [0.3, 0.4) is 0 Å². The zero-order chi connectivity index (χ0) is 15.6. The van der Waals surface area contributed by atoms with Crippen molar-refractivity contribution in [3.63, 3.8) is 0 Å². The van der Waals surface area contributed by atoms with Crippen LogP contribution in [-0.2, 0) is 4.79 Å². The third-order valence-corrected chi connectivity index (χ3v) is 3.49. The molecule has 1 atom stereocenters. The first-order chi connectivity index (χ1) is 9.95. The van der Waals surface area contributed by atoms with E-state index in [2.05, 4.69) is 0 Å². The maximum absolute atomic E-state index is 13.9. The molecule has 0 saturated carbocycles. The molecule has 1 unspecified atom stereocenters. The minimum absolute atomic E-state index is 0.202. The van der Waals surface area contributed by atoms with Crippen LogP contribution in [0, 0.1) is 24.0 Å². The Kier molecular flexibility index (Phi) is 4.22. The molecule has 1 aliphatic rings. The number of halogens is 2. The van der Waals surface area contributed by atoms with Gasteiger partial charge in [-0.15, -0.1) is 6.42 Å². The van der Waals surface area contributed by atoms with Crippen molar-refractivity contribution >= 4 is 11.9 Å². The number of piperidine rings is 1. The van der Waals surface area contributed by atoms with E-state index in [0.717, 1.165) is 17.0 Å². The predicted octanol–water partition coefficient (Wildman–Crippen LogP) is 2.03. The number of carboxylic acids is 1. The van der Waals surface area contributed by atoms with Crippen molar-refractivity contribution in [3.8, 4) is 12.3 Å². The molecule has 4 nitrogen and oxygen atoms in total. The summed E-state index contributed by atoms with van der Waals surface area (Å²) in [5.74, 6) is -1.84. The Hall–Kier alpha value is -2.42. The van der Waals surface area contributed by atoms with Gasteiger partial charge in [-0.2, -0.15) is 0 Å². The first-order valence-corrected chi connectivity index (χ1v) is 6.45. The zero-order valence-electron chi connectivity index (χ0n) is 11.1. The summed E-state index contributed by atoms with van der Waals surface area (Å²) < 4.78 is 27.5. The summed E-state index contributed by atoms with van der Waals surface area (Å²) in [6.45, 7) is 0.202. The van der Waals surface area contributed by atoms with E-state index in [0.29, 0.717) is 19.3 Å². The number of likely N-dealkylation sites (tertiary alicyclic amines) is 1. The molecule has 6 heteroatoms. The molecule has 2 rings (SSSR count). The summed E-state index contributed by atoms with van der Waals surface area (Å²) in [5.41, 5.74) is -0.780. The number of nitrogens with zero attached hydrogens (tertiary/aromatic N) is 1. The maximum Gasteiger partial charge on any atom is 0.326 e. The van der Waals surface area contributed by atoms with Crippen molar-refractivity contribution in [1.29, 1.82) is 0 Å². The van der Waals surface area contributed by atoms with Crippen LogP contribution in [0.2, 0.25) is 0 Å². The molecule has 1 heterocycles. The molecule has 1 aromatic carbocycles. The van der Waals surface area contributed by atoms with E-state index < -0.39 is 35.1 Å². The molecule has 0 bridgehead atoms. The molecule has 110 valence electrons. The largest absolute Gasteiger partial charge is 0.480 e. The van der Waals surface area contributed by atoms with Gasteiger partial charge in [0.15, 0.2) is 0 Å². The van der Waals surface area contributed by atoms with Gasteiger partial charge in [-0.05, 0) is 31.4 Å². The number of terminal acetylenes is 1. The second-order valence-electron chi connectivity index (χ2n) is 4.80. The number of rotatable bonds is 2. The van der Waals surface area contributed by atoms with E-state index in [9.17, 15) is 18.4 Å². The molecular formula is C15H13F2NO3. The minimum atomic E-state index is -1.15. The lowest BCUT2D eigenvalue weighted by Gasteiger charge is -2.33. The smallest absolute Gasteiger partial charge is 0.326 e. The van der Waals surface area contributed by atoms with E-state index in [1.54, 1.807) is 0 Å². The summed E-state index contributed by atoms with van der Waals surface area (Å²) in [5, 5.41) is 9.12. The number of carbonyl (C=O) groups is 2. The number of amides is 1. The quantitative estimate of drug-likeness (QED) is 0.849. The average Bonchev–Trinajstić information content (AvgIpc) is 2.48. The Balaban J connectivity index is 2.37. The van der Waals surface area contributed by atoms with Crippen molar-refractivity contribution in [3.05, 3.63) is 34.9 Å². The van der Waals surface area contributed by atoms with Gasteiger partial charge in [-0.3, -0.25) is 4.79 Å². The van der Waals surface area contributed by atoms with Crippen LogP contribution < -0.4 is 0 Å². The zero-order valence-corrected chi connectivity index (χ0v) is 11.1. The Bertz CT molecular complexity index is 637. The molecule has 1 fully saturated rings. The summed E-state index contributed by atoms with van der Waals surface area (Å²) in [6, 6.07) is 0.476. The third kappa shape index (κ3) is 2.87. The Labute approximate surface area is 120 Å². The van der Waals surface area contributed by atoms with Gasteiger partial charge in [-0.1, -0.05) is 5.92 Å². The van der Waals surface area contributed by atoms with Gasteiger partial charge in [0.05, 0.1) is 11.1 Å². The molecule has 0 radical (unpaired) electrons. The van der Waals surface area contributed by atoms with Crippen LogP contribution in [-0.4, -0.2) is 34.5 Å². The highest BCUT2D eigenvalue weighted by molar-refractivity contribution is 5.97. The summed E-state index contributed by atoms with van der Waals surface area (Å²) >= 11 is 0. The maximum atomic E-state index is 13.9. The van der Waals surface area contributed by atoms with Gasteiger partial charge >= 0.3 is 5.97 Å². The minimum Gasteiger partial charge on any atom is -0.480 e. The standard InChI is InChI=1S/C15H13F2NO3/c1-2-9-7-12(17)10(8-11(9)16)14(19)18-6-4-3-5-13(18)15(20)21/h1,7-8,13H,3-6H2,(H,20,21). The van der Waals surface area contributed by atoms with Gasteiger partial charge < -0.3 is 10.0 Å². The van der Waals surface area contributed by atoms with Crippen LogP contribution in [0.5, 0.6) is 0 Å². The lowest BCUT2D eigenvalue weighted by atomic mass is 10.00. The number of aliphatic carboxylic acids is 1. The second kappa shape index (κ2) is 5.92. The third-order valence-electron chi connectivity index (χ3n) is 3.49. The molecule has 0 spiro atoms. The highest BCUT2D eigenvalue weighted by Gasteiger charge is 2.33. The highest BCUT2D eigenvalue weighted by atomic mass is 19.1. The molecule has 0 aromatic heterocycles. The van der Waals surface area contributed by atoms with Crippen LogP contribution >= 0.6 is 0 Å². The number of carbonyl (C=O) groups excluding carboxylic acids is 1. The lowest BCUT2D eigenvalue weighted by molar-refractivity contribution is -0.143. The van der Waals surface area contributed by atoms with E-state index >= 15 is 0 Å². The van der Waals surface area contributed by atoms with E-state index in [-0.39, 0.29) is 12.1 Å². The number of hydrogen-bond acceptors (Lipinski definition) is 2. The molecular weight excluding hydrogens is 280 g/mol. The van der Waals surface area contributed by atoms with Gasteiger partial charge in [0.25, 0.3) is 5.91 Å². The van der Waals surface area contributed by atoms with Gasteiger partial charge in [0.1, 0.15) is 17.7 Å². The molecule has 1 aliphatic heterocycles. The SMILES string of the molecule is C#Cc1cc(F)c(C(=O)N2CCCCC2C(=O)O)cc1F. The predicted molar refractivity (Wildman–Crippen MR) is 70.6 cm³/mol. The average molecular weight is 293 g/mol. The summed E-state index contributed by atoms with van der Waals surface area (Å²) in [4.78, 5) is 24.5. The summed E-state index contributed by atoms with van der Waals surface area (Å²) in [6.07, 6.45) is 6.62. The Morgan fingerprint density at radius 2 is 2.00 bits per heavy atom. The van der Waals surface area contributed by atoms with Crippen LogP contribution in [0.4, 0.5) is 8.78 Å². The first-order valence-electron chi connectivity index (χ1n) is 6.45.